The number of hydrogen-bond donors (Lipinski definition) is 5. The maximum Gasteiger partial charge on any atom is 0.274 e. The molecule has 1 aliphatic rings. The maximum absolute atomic E-state index is 12.5. The number of nitrogens with zero attached hydrogens (tertiary/aromatic N) is 4. The molecule has 2 unspecified atom stereocenters. The predicted octanol–water partition coefficient (Wildman–Crippen LogP) is -5.17. The topological polar surface area (TPSA) is 415 Å². The number of ether oxygens (including phenoxy) is 1. The fraction of sp³-hybridized carbons (Fsp3) is 0.577. The summed E-state index contributed by atoms with van der Waals surface area (Å²) in [5.41, 5.74) is 3.93. The average Bonchev–Trinajstić information content (AvgIpc) is 3.64. The zero-order valence-corrected chi connectivity index (χ0v) is 32.8. The van der Waals surface area contributed by atoms with Crippen LogP contribution in [0.3, 0.4) is 0 Å². The lowest BCUT2D eigenvalue weighted by Gasteiger charge is -2.36. The Morgan fingerprint density at radius 2 is 1.75 bits per heavy atom. The quantitative estimate of drug-likeness (QED) is 0.0445. The van der Waals surface area contributed by atoms with Crippen LogP contribution in [0.2, 0.25) is 0 Å². The van der Waals surface area contributed by atoms with Crippen molar-refractivity contribution < 1.29 is 90.4 Å². The number of amides is 2. The van der Waals surface area contributed by atoms with Gasteiger partial charge < -0.3 is 78.9 Å². The normalized spacial score (nSPS) is 21.9. The van der Waals surface area contributed by atoms with Gasteiger partial charge in [-0.2, -0.15) is 0 Å². The lowest BCUT2D eigenvalue weighted by Crippen LogP contribution is -2.46. The van der Waals surface area contributed by atoms with Crippen LogP contribution in [0, 0.1) is 5.41 Å². The van der Waals surface area contributed by atoms with E-state index in [1.165, 1.54) is 6.92 Å². The number of phosphoric acid groups is 3. The zero-order chi connectivity index (χ0) is 42.2. The number of fused-ring (bicyclic) bond motifs is 1. The van der Waals surface area contributed by atoms with Crippen molar-refractivity contribution in [3.63, 3.8) is 0 Å². The highest BCUT2D eigenvalue weighted by Crippen LogP contribution is 2.56. The van der Waals surface area contributed by atoms with Crippen LogP contribution in [0.4, 0.5) is 5.82 Å². The van der Waals surface area contributed by atoms with Gasteiger partial charge in [-0.25, -0.2) is 19.3 Å². The molecule has 26 nitrogen and oxygen atoms in total. The van der Waals surface area contributed by atoms with Gasteiger partial charge >= 0.3 is 0 Å². The molecule has 0 saturated carbocycles. The Hall–Kier alpha value is -3.23. The van der Waals surface area contributed by atoms with Gasteiger partial charge in [0, 0.05) is 36.3 Å². The summed E-state index contributed by atoms with van der Waals surface area (Å²) in [6.45, 7) is 1.000. The number of thioether (sulfide) groups is 1. The molecule has 56 heavy (non-hydrogen) atoms. The van der Waals surface area contributed by atoms with E-state index >= 15 is 0 Å². The van der Waals surface area contributed by atoms with Crippen molar-refractivity contribution in [2.75, 3.05) is 37.8 Å². The van der Waals surface area contributed by atoms with Crippen LogP contribution in [0.1, 0.15) is 33.4 Å². The molecule has 2 amide bonds. The number of carboxylic acid groups (broad SMARTS) is 1. The van der Waals surface area contributed by atoms with Crippen LogP contribution in [0.15, 0.2) is 24.3 Å². The van der Waals surface area contributed by atoms with Crippen molar-refractivity contribution in [2.24, 2.45) is 5.41 Å². The molecular formula is C26H35N7O19P3S-5. The van der Waals surface area contributed by atoms with Gasteiger partial charge in [-0.3, -0.25) is 28.1 Å². The summed E-state index contributed by atoms with van der Waals surface area (Å²) in [5, 5.41) is 35.9. The van der Waals surface area contributed by atoms with Gasteiger partial charge in [0.1, 0.15) is 36.3 Å². The van der Waals surface area contributed by atoms with E-state index in [0.29, 0.717) is 6.08 Å². The predicted molar refractivity (Wildman–Crippen MR) is 177 cm³/mol. The Morgan fingerprint density at radius 1 is 1.09 bits per heavy atom. The minimum Gasteiger partial charge on any atom is -0.790 e. The number of phosphoric ester groups is 3. The standard InChI is InChI=1S/C26H40N7O19P3S/c1-13(8-16(35)36)25(40)56-7-6-28-15(34)4-5-29-23(39)20(38)26(2,3)10-49-55(46,47)52-54(44,45)48-9-14-19(51-53(41,42)43)18(37)24(50-14)33-12-32-17-21(27)30-11-31-22(17)33/h8,11-12,14,18-20,24,37-38H,4-7,9-10H2,1-3H3,(H,28,34)(H,29,39)(H,35,36)(H,44,45)(H,46,47)(H2,27,30,31)(H2,41,42,43)/p-5/b13-8+/t14-,18-,19-,20+,24-/m1/s1. The molecule has 314 valence electrons. The summed E-state index contributed by atoms with van der Waals surface area (Å²) >= 11 is 0.749. The molecule has 1 fully saturated rings. The maximum atomic E-state index is 12.5. The number of carbonyl (C=O) groups is 4. The molecule has 6 N–H and O–H groups in total. The number of hydrogen-bond acceptors (Lipinski definition) is 24. The molecular weight excluding hydrogens is 839 g/mol. The van der Waals surface area contributed by atoms with Crippen LogP contribution in [-0.2, 0) is 55.5 Å². The van der Waals surface area contributed by atoms with Gasteiger partial charge in [-0.05, 0) is 13.0 Å². The Morgan fingerprint density at radius 3 is 2.39 bits per heavy atom. The van der Waals surface area contributed by atoms with Crippen LogP contribution in [0.25, 0.3) is 11.2 Å². The van der Waals surface area contributed by atoms with Crippen molar-refractivity contribution in [1.82, 2.24) is 30.2 Å². The average molecular weight is 875 g/mol. The molecule has 0 radical (unpaired) electrons. The SMILES string of the molecule is C/C(=C\C(=O)[O-])C(=O)SCCNC(=O)CCNC(=O)[C@H](O)C(C)(C)COP(=O)([O-])OP(=O)([O-])OC[C@H]1O[C@@H](n2cnc3c(N)ncnc32)[C@H](O)[C@@H]1OP(=O)([O-])[O-]. The van der Waals surface area contributed by atoms with Crippen molar-refractivity contribution in [2.45, 2.75) is 57.8 Å². The Kier molecular flexibility index (Phi) is 16.4. The second-order valence-electron chi connectivity index (χ2n) is 12.3. The number of rotatable bonds is 21. The molecule has 0 bridgehead atoms. The number of anilines is 1. The van der Waals surface area contributed by atoms with Crippen molar-refractivity contribution >= 4 is 75.1 Å². The summed E-state index contributed by atoms with van der Waals surface area (Å²) in [7, 11) is -17.7. The summed E-state index contributed by atoms with van der Waals surface area (Å²) in [6.07, 6.45) is -7.18. The molecule has 3 heterocycles. The van der Waals surface area contributed by atoms with Crippen LogP contribution in [-0.4, -0.2) is 109 Å². The third-order valence-corrected chi connectivity index (χ3v) is 11.4. The van der Waals surface area contributed by atoms with Gasteiger partial charge in [-0.15, -0.1) is 0 Å². The van der Waals surface area contributed by atoms with E-state index in [2.05, 4.69) is 43.5 Å². The zero-order valence-electron chi connectivity index (χ0n) is 29.3. The minimum atomic E-state index is -5.94. The Labute approximate surface area is 320 Å². The molecule has 1 aliphatic heterocycles. The fourth-order valence-corrected chi connectivity index (χ4v) is 8.01. The molecule has 2 aromatic rings. The smallest absolute Gasteiger partial charge is 0.274 e. The lowest BCUT2D eigenvalue weighted by molar-refractivity contribution is -0.347. The number of nitrogens with one attached hydrogen (secondary N) is 2. The summed E-state index contributed by atoms with van der Waals surface area (Å²) in [5.74, 6) is -3.15. The first-order chi connectivity index (χ1) is 25.8. The van der Waals surface area contributed by atoms with Crippen molar-refractivity contribution in [3.05, 3.63) is 24.3 Å². The first-order valence-electron chi connectivity index (χ1n) is 15.7. The van der Waals surface area contributed by atoms with E-state index in [4.69, 9.17) is 10.5 Å². The molecule has 0 spiro atoms. The van der Waals surface area contributed by atoms with Gasteiger partial charge in [0.05, 0.1) is 33.3 Å². The monoisotopic (exact) mass is 874 g/mol. The largest absolute Gasteiger partial charge is 0.790 e. The molecule has 7 atom stereocenters. The van der Waals surface area contributed by atoms with Crippen LogP contribution < -0.4 is 41.0 Å². The highest BCUT2D eigenvalue weighted by atomic mass is 32.2. The fourth-order valence-electron chi connectivity index (χ4n) is 4.60. The first-order valence-corrected chi connectivity index (χ1v) is 21.1. The number of nitrogen functional groups attached to an aromatic ring is 1. The number of nitrogens with two attached hydrogens (primary N) is 1. The summed E-state index contributed by atoms with van der Waals surface area (Å²) in [6, 6.07) is 0. The minimum absolute atomic E-state index is 0.0166. The summed E-state index contributed by atoms with van der Waals surface area (Å²) in [4.78, 5) is 106. The third kappa shape index (κ3) is 14.0. The van der Waals surface area contributed by atoms with Gasteiger partial charge in [0.2, 0.25) is 16.9 Å². The van der Waals surface area contributed by atoms with Gasteiger partial charge in [-0.1, -0.05) is 25.6 Å². The van der Waals surface area contributed by atoms with Crippen LogP contribution in [0.5, 0.6) is 0 Å². The van der Waals surface area contributed by atoms with E-state index in [0.717, 1.165) is 42.8 Å². The molecule has 0 aliphatic carbocycles. The Balaban J connectivity index is 1.49. The van der Waals surface area contributed by atoms with E-state index < -0.39 is 95.6 Å². The van der Waals surface area contributed by atoms with Crippen molar-refractivity contribution in [1.29, 1.82) is 0 Å². The van der Waals surface area contributed by atoms with E-state index in [-0.39, 0.29) is 47.8 Å². The molecule has 2 aromatic heterocycles. The van der Waals surface area contributed by atoms with Gasteiger partial charge in [0.25, 0.3) is 15.6 Å². The number of imidazole rings is 1. The lowest BCUT2D eigenvalue weighted by atomic mass is 9.87. The number of aromatic nitrogens is 4. The number of aliphatic hydroxyl groups is 2. The first kappa shape index (κ1) is 47.1. The number of aliphatic hydroxyl groups excluding tert-OH is 2. The van der Waals surface area contributed by atoms with Crippen LogP contribution >= 0.6 is 35.2 Å². The third-order valence-electron chi connectivity index (χ3n) is 7.37. The highest BCUT2D eigenvalue weighted by molar-refractivity contribution is 8.14. The summed E-state index contributed by atoms with van der Waals surface area (Å²) < 4.78 is 60.3. The number of carbonyl (C=O) groups excluding carboxylic acids is 4. The molecule has 30 heteroatoms. The number of carboxylic acids is 1. The molecule has 0 aromatic carbocycles. The van der Waals surface area contributed by atoms with E-state index in [1.54, 1.807) is 0 Å². The van der Waals surface area contributed by atoms with E-state index in [9.17, 15) is 67.8 Å². The Bertz CT molecular complexity index is 1940. The second-order valence-corrected chi connectivity index (χ2v) is 17.4. The van der Waals surface area contributed by atoms with Gasteiger partial charge in [0.15, 0.2) is 17.7 Å². The second kappa shape index (κ2) is 19.5. The molecule has 3 rings (SSSR count). The highest BCUT2D eigenvalue weighted by Gasteiger charge is 2.47. The molecule has 1 saturated heterocycles. The van der Waals surface area contributed by atoms with Crippen molar-refractivity contribution in [3.8, 4) is 0 Å². The number of aliphatic carboxylic acids is 1. The van der Waals surface area contributed by atoms with E-state index in [1.807, 2.05) is 0 Å².